The van der Waals surface area contributed by atoms with Crippen LogP contribution < -0.4 is 0 Å². The molecule has 0 amide bonds. The highest BCUT2D eigenvalue weighted by Crippen LogP contribution is 2.59. The van der Waals surface area contributed by atoms with Crippen molar-refractivity contribution in [1.29, 1.82) is 0 Å². The van der Waals surface area contributed by atoms with Crippen LogP contribution in [0.4, 0.5) is 0 Å². The van der Waals surface area contributed by atoms with Gasteiger partial charge in [-0.15, -0.1) is 0 Å². The van der Waals surface area contributed by atoms with Gasteiger partial charge in [0.15, 0.2) is 0 Å². The van der Waals surface area contributed by atoms with Crippen molar-refractivity contribution in [1.82, 2.24) is 0 Å². The summed E-state index contributed by atoms with van der Waals surface area (Å²) in [6, 6.07) is 36.0. The van der Waals surface area contributed by atoms with Gasteiger partial charge in [-0.2, -0.15) is 0 Å². The van der Waals surface area contributed by atoms with Gasteiger partial charge in [-0.25, -0.2) is 0 Å². The van der Waals surface area contributed by atoms with Crippen molar-refractivity contribution in [2.24, 2.45) is 5.92 Å². The number of benzene rings is 4. The third-order valence-electron chi connectivity index (χ3n) is 7.56. The maximum atomic E-state index is 2.46. The Morgan fingerprint density at radius 3 is 1.41 bits per heavy atom. The lowest BCUT2D eigenvalue weighted by molar-refractivity contribution is 0.348. The normalized spacial score (nSPS) is 16.6. The van der Waals surface area contributed by atoms with E-state index in [2.05, 4.69) is 111 Å². The standard InChI is InChI=1S/C29H24/c1-19(28-24-15-5-3-11-20(24)21-12-4-6-16-25(21)28)29(2)26-17-9-7-13-22(26)23-14-8-10-18-27(23)29/h3-19,28H,1-2H3/t19-/m1/s1. The Hall–Kier alpha value is -3.12. The molecule has 0 radical (unpaired) electrons. The maximum absolute atomic E-state index is 2.46. The fourth-order valence-corrected chi connectivity index (χ4v) is 6.04. The summed E-state index contributed by atoms with van der Waals surface area (Å²) in [5.74, 6) is 0.823. The first-order valence-electron chi connectivity index (χ1n) is 10.6. The molecular formula is C29H24. The number of fused-ring (bicyclic) bond motifs is 6. The third-order valence-corrected chi connectivity index (χ3v) is 7.56. The van der Waals surface area contributed by atoms with Gasteiger partial charge in [0.25, 0.3) is 0 Å². The highest BCUT2D eigenvalue weighted by Gasteiger charge is 2.48. The van der Waals surface area contributed by atoms with E-state index in [1.54, 1.807) is 0 Å². The van der Waals surface area contributed by atoms with E-state index in [1.807, 2.05) is 0 Å². The van der Waals surface area contributed by atoms with Crippen LogP contribution in [0.1, 0.15) is 42.0 Å². The predicted octanol–water partition coefficient (Wildman–Crippen LogP) is 7.42. The van der Waals surface area contributed by atoms with E-state index < -0.39 is 0 Å². The zero-order chi connectivity index (χ0) is 19.6. The first kappa shape index (κ1) is 16.8. The number of hydrogen-bond acceptors (Lipinski definition) is 0. The van der Waals surface area contributed by atoms with Crippen molar-refractivity contribution >= 4 is 0 Å². The lowest BCUT2D eigenvalue weighted by Crippen LogP contribution is -2.33. The van der Waals surface area contributed by atoms with E-state index in [-0.39, 0.29) is 5.41 Å². The monoisotopic (exact) mass is 372 g/mol. The molecule has 140 valence electrons. The van der Waals surface area contributed by atoms with Gasteiger partial charge in [0.2, 0.25) is 0 Å². The molecule has 0 saturated carbocycles. The topological polar surface area (TPSA) is 0 Å². The van der Waals surface area contributed by atoms with Crippen molar-refractivity contribution in [3.05, 3.63) is 119 Å². The Kier molecular flexibility index (Phi) is 3.44. The molecule has 1 atom stereocenters. The summed E-state index contributed by atoms with van der Waals surface area (Å²) >= 11 is 0. The molecule has 6 rings (SSSR count). The van der Waals surface area contributed by atoms with Crippen LogP contribution in [0.5, 0.6) is 0 Å². The Morgan fingerprint density at radius 1 is 0.552 bits per heavy atom. The van der Waals surface area contributed by atoms with Crippen LogP contribution in [0.25, 0.3) is 22.3 Å². The molecule has 0 nitrogen and oxygen atoms in total. The number of rotatable bonds is 2. The summed E-state index contributed by atoms with van der Waals surface area (Å²) < 4.78 is 0. The van der Waals surface area contributed by atoms with Crippen LogP contribution in [0.15, 0.2) is 97.1 Å². The largest absolute Gasteiger partial charge is 0.0619 e. The second-order valence-corrected chi connectivity index (χ2v) is 8.73. The van der Waals surface area contributed by atoms with Crippen LogP contribution in [0, 0.1) is 5.92 Å². The summed E-state index contributed by atoms with van der Waals surface area (Å²) in [7, 11) is 0. The molecule has 0 fully saturated rings. The Labute approximate surface area is 172 Å². The van der Waals surface area contributed by atoms with E-state index in [9.17, 15) is 0 Å². The molecule has 0 bridgehead atoms. The van der Waals surface area contributed by atoms with Crippen molar-refractivity contribution in [2.45, 2.75) is 25.2 Å². The lowest BCUT2D eigenvalue weighted by Gasteiger charge is -2.38. The van der Waals surface area contributed by atoms with Gasteiger partial charge < -0.3 is 0 Å². The molecule has 0 aromatic heterocycles. The minimum absolute atomic E-state index is 0.0254. The molecule has 0 N–H and O–H groups in total. The van der Waals surface area contributed by atoms with Crippen LogP contribution in [0.2, 0.25) is 0 Å². The van der Waals surface area contributed by atoms with Gasteiger partial charge >= 0.3 is 0 Å². The summed E-state index contributed by atoms with van der Waals surface area (Å²) in [5.41, 5.74) is 11.5. The van der Waals surface area contributed by atoms with E-state index in [1.165, 1.54) is 44.5 Å². The van der Waals surface area contributed by atoms with Crippen LogP contribution >= 0.6 is 0 Å². The molecule has 0 unspecified atom stereocenters. The zero-order valence-electron chi connectivity index (χ0n) is 16.9. The smallest absolute Gasteiger partial charge is 0.0221 e. The van der Waals surface area contributed by atoms with Gasteiger partial charge in [-0.3, -0.25) is 0 Å². The van der Waals surface area contributed by atoms with Crippen molar-refractivity contribution in [2.75, 3.05) is 0 Å². The molecule has 2 aliphatic rings. The fourth-order valence-electron chi connectivity index (χ4n) is 6.04. The molecule has 0 heterocycles. The highest BCUT2D eigenvalue weighted by molar-refractivity contribution is 5.83. The average Bonchev–Trinajstić information content (AvgIpc) is 3.25. The van der Waals surface area contributed by atoms with Crippen molar-refractivity contribution in [3.8, 4) is 22.3 Å². The van der Waals surface area contributed by atoms with Crippen LogP contribution in [-0.2, 0) is 5.41 Å². The molecule has 0 saturated heterocycles. The second kappa shape index (κ2) is 5.94. The Balaban J connectivity index is 1.60. The zero-order valence-corrected chi connectivity index (χ0v) is 16.9. The maximum Gasteiger partial charge on any atom is 0.0221 e. The molecular weight excluding hydrogens is 348 g/mol. The second-order valence-electron chi connectivity index (χ2n) is 8.73. The third kappa shape index (κ3) is 2.09. The molecule has 29 heavy (non-hydrogen) atoms. The minimum Gasteiger partial charge on any atom is -0.0619 e. The summed E-state index contributed by atoms with van der Waals surface area (Å²) in [5, 5.41) is 0. The molecule has 4 aromatic rings. The van der Waals surface area contributed by atoms with Crippen molar-refractivity contribution in [3.63, 3.8) is 0 Å². The first-order valence-corrected chi connectivity index (χ1v) is 10.6. The van der Waals surface area contributed by atoms with E-state index in [0.29, 0.717) is 11.8 Å². The molecule has 2 aliphatic carbocycles. The van der Waals surface area contributed by atoms with Gasteiger partial charge in [0.1, 0.15) is 0 Å². The SMILES string of the molecule is C[C@H](C1c2ccccc2-c2ccccc21)C1(C)c2ccccc2-c2ccccc21. The number of hydrogen-bond donors (Lipinski definition) is 0. The molecule has 0 heteroatoms. The molecule has 0 aliphatic heterocycles. The van der Waals surface area contributed by atoms with Gasteiger partial charge in [0, 0.05) is 11.3 Å². The van der Waals surface area contributed by atoms with Gasteiger partial charge in [-0.1, -0.05) is 111 Å². The first-order chi connectivity index (χ1) is 14.2. The summed E-state index contributed by atoms with van der Waals surface area (Å²) in [4.78, 5) is 0. The summed E-state index contributed by atoms with van der Waals surface area (Å²) in [6.45, 7) is 4.92. The van der Waals surface area contributed by atoms with Gasteiger partial charge in [0.05, 0.1) is 0 Å². The van der Waals surface area contributed by atoms with Crippen LogP contribution in [0.3, 0.4) is 0 Å². The van der Waals surface area contributed by atoms with E-state index in [4.69, 9.17) is 0 Å². The summed E-state index contributed by atoms with van der Waals surface area (Å²) in [6.07, 6.45) is 0. The predicted molar refractivity (Wildman–Crippen MR) is 121 cm³/mol. The lowest BCUT2D eigenvalue weighted by atomic mass is 9.64. The van der Waals surface area contributed by atoms with Crippen molar-refractivity contribution < 1.29 is 0 Å². The van der Waals surface area contributed by atoms with E-state index in [0.717, 1.165) is 0 Å². The molecule has 0 spiro atoms. The molecule has 4 aromatic carbocycles. The van der Waals surface area contributed by atoms with Crippen LogP contribution in [-0.4, -0.2) is 0 Å². The minimum atomic E-state index is -0.0254. The van der Waals surface area contributed by atoms with E-state index >= 15 is 0 Å². The quantitative estimate of drug-likeness (QED) is 0.343. The highest BCUT2D eigenvalue weighted by atomic mass is 14.5. The fraction of sp³-hybridized carbons (Fsp3) is 0.172. The van der Waals surface area contributed by atoms with Gasteiger partial charge in [-0.05, 0) is 50.4 Å². The average molecular weight is 373 g/mol. The Bertz CT molecular complexity index is 1160. The Morgan fingerprint density at radius 2 is 0.931 bits per heavy atom.